The van der Waals surface area contributed by atoms with Gasteiger partial charge >= 0.3 is 6.43 Å². The van der Waals surface area contributed by atoms with Gasteiger partial charge in [0.2, 0.25) is 0 Å². The summed E-state index contributed by atoms with van der Waals surface area (Å²) >= 11 is 1.38. The Labute approximate surface area is 84.2 Å². The smallest absolute Gasteiger partial charge is 0.315 e. The zero-order chi connectivity index (χ0) is 10.7. The molecule has 0 spiro atoms. The van der Waals surface area contributed by atoms with Gasteiger partial charge in [-0.1, -0.05) is 0 Å². The molecule has 1 N–H and O–H groups in total. The lowest BCUT2D eigenvalue weighted by atomic mass is 10.3. The van der Waals surface area contributed by atoms with Crippen LogP contribution in [0.1, 0.15) is 22.9 Å². The number of nitrogens with zero attached hydrogens (tertiary/aromatic N) is 1. The predicted octanol–water partition coefficient (Wildman–Crippen LogP) is 1.89. The van der Waals surface area contributed by atoms with Crippen LogP contribution < -0.4 is 5.32 Å². The number of carbonyl (C=O) groups excluding carboxylic acids is 1. The number of halogens is 2. The van der Waals surface area contributed by atoms with Crippen LogP contribution in [0, 0.1) is 6.92 Å². The first-order valence-corrected chi connectivity index (χ1v) is 4.83. The summed E-state index contributed by atoms with van der Waals surface area (Å²) in [4.78, 5) is 15.6. The average Bonchev–Trinajstić information content (AvgIpc) is 2.51. The highest BCUT2D eigenvalue weighted by atomic mass is 32.1. The van der Waals surface area contributed by atoms with Crippen molar-refractivity contribution in [2.75, 3.05) is 0 Å². The number of aryl methyl sites for hydroxylation is 1. The SMILES string of the molecule is Cc1cnc(C(C)NC(=O)C(F)F)s1. The van der Waals surface area contributed by atoms with Gasteiger partial charge in [0.05, 0.1) is 6.04 Å². The van der Waals surface area contributed by atoms with Crippen molar-refractivity contribution in [2.24, 2.45) is 0 Å². The van der Waals surface area contributed by atoms with Gasteiger partial charge in [-0.25, -0.2) is 4.98 Å². The lowest BCUT2D eigenvalue weighted by Gasteiger charge is -2.09. The second-order valence-corrected chi connectivity index (χ2v) is 4.11. The highest BCUT2D eigenvalue weighted by molar-refractivity contribution is 7.11. The molecule has 0 bridgehead atoms. The summed E-state index contributed by atoms with van der Waals surface area (Å²) < 4.78 is 23.8. The number of rotatable bonds is 3. The van der Waals surface area contributed by atoms with Gasteiger partial charge in [0.25, 0.3) is 5.91 Å². The van der Waals surface area contributed by atoms with E-state index in [0.29, 0.717) is 5.01 Å². The monoisotopic (exact) mass is 220 g/mol. The van der Waals surface area contributed by atoms with E-state index in [2.05, 4.69) is 10.3 Å². The molecular formula is C8H10F2N2OS. The van der Waals surface area contributed by atoms with Gasteiger partial charge in [0.1, 0.15) is 5.01 Å². The number of thiazole rings is 1. The predicted molar refractivity (Wildman–Crippen MR) is 49.4 cm³/mol. The molecule has 3 nitrogen and oxygen atoms in total. The van der Waals surface area contributed by atoms with Gasteiger partial charge in [-0.2, -0.15) is 8.78 Å². The third kappa shape index (κ3) is 2.73. The molecule has 0 saturated carbocycles. The second kappa shape index (κ2) is 4.45. The molecule has 0 aliphatic rings. The molecule has 1 aromatic rings. The fourth-order valence-electron chi connectivity index (χ4n) is 0.910. The van der Waals surface area contributed by atoms with Crippen LogP contribution in [0.15, 0.2) is 6.20 Å². The number of nitrogens with one attached hydrogen (secondary N) is 1. The van der Waals surface area contributed by atoms with Crippen molar-refractivity contribution in [3.05, 3.63) is 16.1 Å². The summed E-state index contributed by atoms with van der Waals surface area (Å²) in [6.07, 6.45) is -1.33. The van der Waals surface area contributed by atoms with Crippen molar-refractivity contribution < 1.29 is 13.6 Å². The van der Waals surface area contributed by atoms with Crippen LogP contribution in [0.25, 0.3) is 0 Å². The fraction of sp³-hybridized carbons (Fsp3) is 0.500. The third-order valence-corrected chi connectivity index (χ3v) is 2.66. The molecular weight excluding hydrogens is 210 g/mol. The van der Waals surface area contributed by atoms with Gasteiger partial charge in [-0.3, -0.25) is 4.79 Å². The number of alkyl halides is 2. The van der Waals surface area contributed by atoms with Crippen LogP contribution >= 0.6 is 11.3 Å². The molecule has 14 heavy (non-hydrogen) atoms. The maximum absolute atomic E-state index is 11.9. The molecule has 0 saturated heterocycles. The van der Waals surface area contributed by atoms with E-state index < -0.39 is 18.4 Å². The maximum atomic E-state index is 11.9. The third-order valence-electron chi connectivity index (χ3n) is 1.57. The largest absolute Gasteiger partial charge is 0.342 e. The van der Waals surface area contributed by atoms with E-state index >= 15 is 0 Å². The zero-order valence-corrected chi connectivity index (χ0v) is 8.57. The Balaban J connectivity index is 2.59. The molecule has 0 aliphatic heterocycles. The molecule has 1 unspecified atom stereocenters. The van der Waals surface area contributed by atoms with Gasteiger partial charge in [0, 0.05) is 11.1 Å². The van der Waals surface area contributed by atoms with Crippen molar-refractivity contribution in [2.45, 2.75) is 26.3 Å². The molecule has 0 radical (unpaired) electrons. The van der Waals surface area contributed by atoms with Gasteiger partial charge in [-0.05, 0) is 13.8 Å². The van der Waals surface area contributed by atoms with E-state index in [4.69, 9.17) is 0 Å². The summed E-state index contributed by atoms with van der Waals surface area (Å²) in [5.74, 6) is -1.26. The number of carbonyl (C=O) groups is 1. The molecule has 0 aromatic carbocycles. The number of hydrogen-bond acceptors (Lipinski definition) is 3. The highest BCUT2D eigenvalue weighted by Gasteiger charge is 2.19. The van der Waals surface area contributed by atoms with E-state index in [9.17, 15) is 13.6 Å². The van der Waals surface area contributed by atoms with Crippen molar-refractivity contribution in [1.29, 1.82) is 0 Å². The topological polar surface area (TPSA) is 42.0 Å². The normalized spacial score (nSPS) is 12.9. The number of hydrogen-bond donors (Lipinski definition) is 1. The lowest BCUT2D eigenvalue weighted by Crippen LogP contribution is -2.31. The van der Waals surface area contributed by atoms with Crippen molar-refractivity contribution >= 4 is 17.2 Å². The highest BCUT2D eigenvalue weighted by Crippen LogP contribution is 2.18. The van der Waals surface area contributed by atoms with Gasteiger partial charge in [0.15, 0.2) is 0 Å². The van der Waals surface area contributed by atoms with E-state index in [-0.39, 0.29) is 0 Å². The average molecular weight is 220 g/mol. The van der Waals surface area contributed by atoms with Crippen LogP contribution in [-0.2, 0) is 4.79 Å². The Kier molecular flexibility index (Phi) is 3.51. The van der Waals surface area contributed by atoms with Crippen LogP contribution in [0.5, 0.6) is 0 Å². The molecule has 78 valence electrons. The molecule has 1 amide bonds. The quantitative estimate of drug-likeness (QED) is 0.845. The molecule has 1 heterocycles. The maximum Gasteiger partial charge on any atom is 0.315 e. The van der Waals surface area contributed by atoms with Crippen LogP contribution in [0.2, 0.25) is 0 Å². The van der Waals surface area contributed by atoms with Crippen LogP contribution in [0.3, 0.4) is 0 Å². The Morgan fingerprint density at radius 1 is 1.64 bits per heavy atom. The number of aromatic nitrogens is 1. The van der Waals surface area contributed by atoms with Crippen LogP contribution in [-0.4, -0.2) is 17.3 Å². The second-order valence-electron chi connectivity index (χ2n) is 2.84. The summed E-state index contributed by atoms with van der Waals surface area (Å²) in [5.41, 5.74) is 0. The lowest BCUT2D eigenvalue weighted by molar-refractivity contribution is -0.132. The molecule has 0 aliphatic carbocycles. The molecule has 1 aromatic heterocycles. The summed E-state index contributed by atoms with van der Waals surface area (Å²) in [6.45, 7) is 3.49. The van der Waals surface area contributed by atoms with E-state index in [1.807, 2.05) is 6.92 Å². The minimum atomic E-state index is -2.97. The van der Waals surface area contributed by atoms with Gasteiger partial charge < -0.3 is 5.32 Å². The molecule has 1 rings (SSSR count). The van der Waals surface area contributed by atoms with E-state index in [1.54, 1.807) is 13.1 Å². The molecule has 0 fully saturated rings. The summed E-state index contributed by atoms with van der Waals surface area (Å²) in [6, 6.07) is -0.463. The fourth-order valence-corrected chi connectivity index (χ4v) is 1.69. The van der Waals surface area contributed by atoms with Gasteiger partial charge in [-0.15, -0.1) is 11.3 Å². The standard InChI is InChI=1S/C8H10F2N2OS/c1-4-3-11-8(14-4)5(2)12-7(13)6(9)10/h3,5-6H,1-2H3,(H,12,13). The minimum Gasteiger partial charge on any atom is -0.342 e. The first-order chi connectivity index (χ1) is 6.50. The Morgan fingerprint density at radius 2 is 2.29 bits per heavy atom. The zero-order valence-electron chi connectivity index (χ0n) is 7.75. The summed E-state index contributed by atoms with van der Waals surface area (Å²) in [5, 5.41) is 2.80. The first-order valence-electron chi connectivity index (χ1n) is 4.01. The molecule has 6 heteroatoms. The van der Waals surface area contributed by atoms with Crippen molar-refractivity contribution in [3.8, 4) is 0 Å². The Hall–Kier alpha value is -1.04. The Bertz CT molecular complexity index is 327. The van der Waals surface area contributed by atoms with Crippen LogP contribution in [0.4, 0.5) is 8.78 Å². The molecule has 1 atom stereocenters. The van der Waals surface area contributed by atoms with Crippen molar-refractivity contribution in [3.63, 3.8) is 0 Å². The Morgan fingerprint density at radius 3 is 2.71 bits per heavy atom. The summed E-state index contributed by atoms with van der Waals surface area (Å²) in [7, 11) is 0. The van der Waals surface area contributed by atoms with E-state index in [1.165, 1.54) is 11.3 Å². The van der Waals surface area contributed by atoms with Crippen molar-refractivity contribution in [1.82, 2.24) is 10.3 Å². The number of amides is 1. The minimum absolute atomic E-state index is 0.463. The first kappa shape index (κ1) is 11.0. The van der Waals surface area contributed by atoms with E-state index in [0.717, 1.165) is 4.88 Å².